The van der Waals surface area contributed by atoms with Gasteiger partial charge in [0.25, 0.3) is 0 Å². The predicted molar refractivity (Wildman–Crippen MR) is 99.4 cm³/mol. The van der Waals surface area contributed by atoms with Crippen LogP contribution in [0.5, 0.6) is 5.88 Å². The lowest BCUT2D eigenvalue weighted by molar-refractivity contribution is -0.873. The van der Waals surface area contributed by atoms with Crippen LogP contribution in [0.15, 0.2) is 36.7 Å². The zero-order valence-corrected chi connectivity index (χ0v) is 15.3. The van der Waals surface area contributed by atoms with Gasteiger partial charge in [-0.05, 0) is 5.56 Å². The van der Waals surface area contributed by atoms with Crippen LogP contribution in [-0.4, -0.2) is 62.9 Å². The van der Waals surface area contributed by atoms with Crippen LogP contribution in [0.2, 0.25) is 0 Å². The number of likely N-dealkylation sites (N-methyl/N-ethyl adjacent to an activating group) is 1. The second-order valence-corrected chi connectivity index (χ2v) is 7.36. The highest BCUT2D eigenvalue weighted by atomic mass is 16.5. The van der Waals surface area contributed by atoms with Crippen molar-refractivity contribution in [3.63, 3.8) is 0 Å². The summed E-state index contributed by atoms with van der Waals surface area (Å²) >= 11 is 0. The molecule has 8 nitrogen and oxygen atoms in total. The second kappa shape index (κ2) is 7.27. The van der Waals surface area contributed by atoms with Gasteiger partial charge in [0.15, 0.2) is 11.2 Å². The number of benzene rings is 1. The molecule has 2 heterocycles. The maximum absolute atomic E-state index is 10.3. The Bertz CT molecular complexity index is 873. The van der Waals surface area contributed by atoms with Crippen molar-refractivity contribution in [3.05, 3.63) is 42.2 Å². The van der Waals surface area contributed by atoms with E-state index in [-0.39, 0.29) is 5.95 Å². The Labute approximate surface area is 152 Å². The third-order valence-electron chi connectivity index (χ3n) is 3.83. The zero-order chi connectivity index (χ0) is 18.7. The summed E-state index contributed by atoms with van der Waals surface area (Å²) in [5.41, 5.74) is 7.96. The summed E-state index contributed by atoms with van der Waals surface area (Å²) < 4.78 is 8.26. The van der Waals surface area contributed by atoms with Crippen molar-refractivity contribution in [1.82, 2.24) is 19.5 Å². The molecule has 0 amide bonds. The standard InChI is InChI=1S/C18H25N6O2/c1-24(2,3)10-14(25)9-23-12-20-15-16(23)21-18(19)22-17(15)26-11-13-7-5-4-6-8-13/h4-8,12,14,25H,9-11H2,1-3H3,(H2,19,21,22)/q+1. The summed E-state index contributed by atoms with van der Waals surface area (Å²) in [7, 11) is 6.10. The molecule has 3 rings (SSSR count). The molecule has 1 aromatic carbocycles. The Balaban J connectivity index is 1.82. The number of aliphatic hydroxyl groups excluding tert-OH is 1. The molecule has 0 bridgehead atoms. The Hall–Kier alpha value is -2.71. The van der Waals surface area contributed by atoms with Crippen molar-refractivity contribution in [1.29, 1.82) is 0 Å². The number of rotatable bonds is 7. The molecular weight excluding hydrogens is 332 g/mol. The average molecular weight is 357 g/mol. The van der Waals surface area contributed by atoms with E-state index >= 15 is 0 Å². The van der Waals surface area contributed by atoms with Crippen molar-refractivity contribution in [3.8, 4) is 5.88 Å². The summed E-state index contributed by atoms with van der Waals surface area (Å²) in [6.07, 6.45) is 1.10. The van der Waals surface area contributed by atoms with Crippen molar-refractivity contribution >= 4 is 17.1 Å². The molecule has 0 radical (unpaired) electrons. The smallest absolute Gasteiger partial charge is 0.247 e. The molecule has 138 valence electrons. The van der Waals surface area contributed by atoms with Crippen LogP contribution in [-0.2, 0) is 13.2 Å². The molecule has 0 aliphatic heterocycles. The highest BCUT2D eigenvalue weighted by Crippen LogP contribution is 2.23. The monoisotopic (exact) mass is 357 g/mol. The zero-order valence-electron chi connectivity index (χ0n) is 15.3. The van der Waals surface area contributed by atoms with Gasteiger partial charge in [-0.2, -0.15) is 9.97 Å². The van der Waals surface area contributed by atoms with Crippen LogP contribution in [0.1, 0.15) is 5.56 Å². The average Bonchev–Trinajstić information content (AvgIpc) is 2.94. The number of ether oxygens (including phenoxy) is 1. The second-order valence-electron chi connectivity index (χ2n) is 7.36. The van der Waals surface area contributed by atoms with E-state index in [0.717, 1.165) is 5.56 Å². The highest BCUT2D eigenvalue weighted by Gasteiger charge is 2.19. The van der Waals surface area contributed by atoms with Crippen LogP contribution < -0.4 is 10.5 Å². The Kier molecular flexibility index (Phi) is 5.06. The van der Waals surface area contributed by atoms with E-state index in [0.29, 0.717) is 41.2 Å². The SMILES string of the molecule is C[N+](C)(C)CC(O)Cn1cnc2c(OCc3ccccc3)nc(N)nc21. The van der Waals surface area contributed by atoms with Crippen LogP contribution in [0.25, 0.3) is 11.2 Å². The Morgan fingerprint density at radius 2 is 1.92 bits per heavy atom. The quantitative estimate of drug-likeness (QED) is 0.613. The molecule has 3 N–H and O–H groups in total. The maximum Gasteiger partial charge on any atom is 0.247 e. The first-order chi connectivity index (χ1) is 12.3. The third kappa shape index (κ3) is 4.47. The van der Waals surface area contributed by atoms with Gasteiger partial charge in [0.05, 0.1) is 34.0 Å². The predicted octanol–water partition coefficient (Wildman–Crippen LogP) is 1.05. The molecule has 1 atom stereocenters. The lowest BCUT2D eigenvalue weighted by Crippen LogP contribution is -2.42. The van der Waals surface area contributed by atoms with Gasteiger partial charge < -0.3 is 24.6 Å². The number of aliphatic hydroxyl groups is 1. The van der Waals surface area contributed by atoms with Crippen LogP contribution in [0.3, 0.4) is 0 Å². The minimum absolute atomic E-state index is 0.114. The first kappa shape index (κ1) is 18.1. The molecule has 0 fully saturated rings. The molecule has 26 heavy (non-hydrogen) atoms. The number of fused-ring (bicyclic) bond motifs is 1. The molecule has 0 spiro atoms. The number of nitrogens with zero attached hydrogens (tertiary/aromatic N) is 5. The molecule has 0 saturated heterocycles. The van der Waals surface area contributed by atoms with Gasteiger partial charge in [0, 0.05) is 0 Å². The van der Waals surface area contributed by atoms with E-state index < -0.39 is 6.10 Å². The van der Waals surface area contributed by atoms with Gasteiger partial charge >= 0.3 is 0 Å². The molecule has 0 saturated carbocycles. The van der Waals surface area contributed by atoms with Crippen LogP contribution >= 0.6 is 0 Å². The number of aromatic nitrogens is 4. The normalized spacial score (nSPS) is 13.1. The fourth-order valence-corrected chi connectivity index (χ4v) is 2.81. The third-order valence-corrected chi connectivity index (χ3v) is 3.83. The van der Waals surface area contributed by atoms with Crippen molar-refractivity contribution < 1.29 is 14.3 Å². The molecule has 1 unspecified atom stereocenters. The van der Waals surface area contributed by atoms with E-state index in [9.17, 15) is 5.11 Å². The molecule has 0 aliphatic rings. The summed E-state index contributed by atoms with van der Waals surface area (Å²) in [4.78, 5) is 12.8. The highest BCUT2D eigenvalue weighted by molar-refractivity contribution is 5.77. The van der Waals surface area contributed by atoms with Gasteiger partial charge in [-0.25, -0.2) is 4.98 Å². The number of nitrogens with two attached hydrogens (primary N) is 1. The van der Waals surface area contributed by atoms with Gasteiger partial charge in [0.2, 0.25) is 11.8 Å². The number of hydrogen-bond acceptors (Lipinski definition) is 6. The van der Waals surface area contributed by atoms with E-state index in [1.807, 2.05) is 51.5 Å². The van der Waals surface area contributed by atoms with E-state index in [1.54, 1.807) is 10.9 Å². The summed E-state index contributed by atoms with van der Waals surface area (Å²) in [5.74, 6) is 0.458. The van der Waals surface area contributed by atoms with Crippen molar-refractivity contribution in [2.75, 3.05) is 33.4 Å². The largest absolute Gasteiger partial charge is 0.471 e. The fourth-order valence-electron chi connectivity index (χ4n) is 2.81. The molecule has 8 heteroatoms. The van der Waals surface area contributed by atoms with Gasteiger partial charge in [-0.15, -0.1) is 0 Å². The number of hydrogen-bond donors (Lipinski definition) is 2. The van der Waals surface area contributed by atoms with Gasteiger partial charge in [-0.1, -0.05) is 30.3 Å². The lowest BCUT2D eigenvalue weighted by Gasteiger charge is -2.26. The van der Waals surface area contributed by atoms with Gasteiger partial charge in [-0.3, -0.25) is 0 Å². The van der Waals surface area contributed by atoms with Crippen LogP contribution in [0.4, 0.5) is 5.95 Å². The maximum atomic E-state index is 10.3. The molecular formula is C18H25N6O2+. The van der Waals surface area contributed by atoms with E-state index in [4.69, 9.17) is 10.5 Å². The number of anilines is 1. The lowest BCUT2D eigenvalue weighted by atomic mass is 10.2. The Morgan fingerprint density at radius 3 is 2.62 bits per heavy atom. The summed E-state index contributed by atoms with van der Waals surface area (Å²) in [6, 6.07) is 9.80. The van der Waals surface area contributed by atoms with E-state index in [1.165, 1.54) is 0 Å². The van der Waals surface area contributed by atoms with Crippen LogP contribution in [0, 0.1) is 0 Å². The minimum Gasteiger partial charge on any atom is -0.471 e. The molecule has 3 aromatic rings. The minimum atomic E-state index is -0.530. The number of quaternary nitrogens is 1. The Morgan fingerprint density at radius 1 is 1.19 bits per heavy atom. The summed E-state index contributed by atoms with van der Waals surface area (Å²) in [5, 5.41) is 10.3. The molecule has 2 aromatic heterocycles. The first-order valence-electron chi connectivity index (χ1n) is 8.45. The van der Waals surface area contributed by atoms with Crippen molar-refractivity contribution in [2.24, 2.45) is 0 Å². The first-order valence-corrected chi connectivity index (χ1v) is 8.45. The number of nitrogen functional groups attached to an aromatic ring is 1. The number of imidazole rings is 1. The van der Waals surface area contributed by atoms with Gasteiger partial charge in [0.1, 0.15) is 19.3 Å². The topological polar surface area (TPSA) is 99.1 Å². The van der Waals surface area contributed by atoms with E-state index in [2.05, 4.69) is 15.0 Å². The fraction of sp³-hybridized carbons (Fsp3) is 0.389. The van der Waals surface area contributed by atoms with Crippen molar-refractivity contribution in [2.45, 2.75) is 19.3 Å². The summed E-state index contributed by atoms with van der Waals surface area (Å²) in [6.45, 7) is 1.35. The molecule has 0 aliphatic carbocycles.